The summed E-state index contributed by atoms with van der Waals surface area (Å²) in [5, 5.41) is 3.24. The highest BCUT2D eigenvalue weighted by Crippen LogP contribution is 2.21. The second-order valence-electron chi connectivity index (χ2n) is 5.01. The molecular weight excluding hydrogens is 218 g/mol. The normalized spacial score (nSPS) is 13.0. The number of carbonyl (C=O) groups excluding carboxylic acids is 1. The fourth-order valence-electron chi connectivity index (χ4n) is 1.05. The zero-order valence-electron chi connectivity index (χ0n) is 10.9. The first-order chi connectivity index (χ1) is 7.84. The van der Waals surface area contributed by atoms with Crippen molar-refractivity contribution in [3.8, 4) is 0 Å². The van der Waals surface area contributed by atoms with Crippen LogP contribution in [0, 0.1) is 5.41 Å². The fourth-order valence-corrected chi connectivity index (χ4v) is 1.05. The van der Waals surface area contributed by atoms with Crippen molar-refractivity contribution in [1.29, 1.82) is 0 Å². The van der Waals surface area contributed by atoms with Crippen LogP contribution in [0.15, 0.2) is 12.4 Å². The van der Waals surface area contributed by atoms with Crippen LogP contribution in [0.25, 0.3) is 0 Å². The number of carbonyl (C=O) groups is 1. The Bertz CT molecular complexity index is 382. The first kappa shape index (κ1) is 13.4. The minimum atomic E-state index is -0.479. The summed E-state index contributed by atoms with van der Waals surface area (Å²) in [6, 6.07) is 0.251. The van der Waals surface area contributed by atoms with E-state index in [1.807, 2.05) is 0 Å². The number of rotatable bonds is 3. The molecule has 0 saturated carbocycles. The second kappa shape index (κ2) is 5.12. The van der Waals surface area contributed by atoms with Crippen molar-refractivity contribution in [1.82, 2.24) is 9.97 Å². The highest BCUT2D eigenvalue weighted by molar-refractivity contribution is 5.86. The zero-order chi connectivity index (χ0) is 13.1. The van der Waals surface area contributed by atoms with Gasteiger partial charge in [0.1, 0.15) is 5.82 Å². The van der Waals surface area contributed by atoms with Gasteiger partial charge in [0.05, 0.1) is 19.5 Å². The SMILES string of the molecule is COC(=O)c1cnc(NC(C)C(C)(C)C)cn1. The number of hydrogen-bond acceptors (Lipinski definition) is 5. The van der Waals surface area contributed by atoms with E-state index in [1.165, 1.54) is 19.5 Å². The molecule has 0 amide bonds. The molecule has 0 bridgehead atoms. The maximum Gasteiger partial charge on any atom is 0.358 e. The molecule has 5 heteroatoms. The van der Waals surface area contributed by atoms with E-state index < -0.39 is 5.97 Å². The molecule has 0 aliphatic rings. The van der Waals surface area contributed by atoms with Crippen LogP contribution in [0.4, 0.5) is 5.82 Å². The average Bonchev–Trinajstić information content (AvgIpc) is 2.27. The molecule has 1 aromatic rings. The van der Waals surface area contributed by atoms with Gasteiger partial charge in [0.2, 0.25) is 0 Å². The van der Waals surface area contributed by atoms with Crippen LogP contribution in [-0.2, 0) is 4.74 Å². The monoisotopic (exact) mass is 237 g/mol. The lowest BCUT2D eigenvalue weighted by molar-refractivity contribution is 0.0593. The van der Waals surface area contributed by atoms with E-state index in [4.69, 9.17) is 0 Å². The smallest absolute Gasteiger partial charge is 0.358 e. The van der Waals surface area contributed by atoms with Gasteiger partial charge in [-0.2, -0.15) is 0 Å². The van der Waals surface area contributed by atoms with E-state index in [-0.39, 0.29) is 17.2 Å². The van der Waals surface area contributed by atoms with Gasteiger partial charge in [-0.3, -0.25) is 0 Å². The first-order valence-electron chi connectivity index (χ1n) is 5.51. The molecule has 0 fully saturated rings. The average molecular weight is 237 g/mol. The Balaban J connectivity index is 2.72. The summed E-state index contributed by atoms with van der Waals surface area (Å²) in [6.07, 6.45) is 2.94. The number of hydrogen-bond donors (Lipinski definition) is 1. The molecule has 0 aliphatic heterocycles. The zero-order valence-corrected chi connectivity index (χ0v) is 10.9. The number of anilines is 1. The summed E-state index contributed by atoms with van der Waals surface area (Å²) < 4.78 is 4.55. The minimum Gasteiger partial charge on any atom is -0.464 e. The summed E-state index contributed by atoms with van der Waals surface area (Å²) in [5.74, 6) is 0.174. The molecule has 1 aromatic heterocycles. The molecule has 1 rings (SSSR count). The Hall–Kier alpha value is -1.65. The van der Waals surface area contributed by atoms with E-state index >= 15 is 0 Å². The summed E-state index contributed by atoms with van der Waals surface area (Å²) in [6.45, 7) is 8.50. The molecule has 0 saturated heterocycles. The van der Waals surface area contributed by atoms with E-state index in [0.717, 1.165) is 0 Å². The molecule has 1 heterocycles. The predicted molar refractivity (Wildman–Crippen MR) is 65.9 cm³/mol. The lowest BCUT2D eigenvalue weighted by Gasteiger charge is -2.28. The van der Waals surface area contributed by atoms with E-state index in [9.17, 15) is 4.79 Å². The first-order valence-corrected chi connectivity index (χ1v) is 5.51. The number of nitrogens with zero attached hydrogens (tertiary/aromatic N) is 2. The van der Waals surface area contributed by atoms with E-state index in [0.29, 0.717) is 5.82 Å². The van der Waals surface area contributed by atoms with Crippen molar-refractivity contribution in [2.75, 3.05) is 12.4 Å². The molecule has 1 N–H and O–H groups in total. The second-order valence-corrected chi connectivity index (χ2v) is 5.01. The van der Waals surface area contributed by atoms with Crippen molar-refractivity contribution >= 4 is 11.8 Å². The van der Waals surface area contributed by atoms with Crippen LogP contribution in [0.5, 0.6) is 0 Å². The molecule has 0 spiro atoms. The maximum atomic E-state index is 11.2. The van der Waals surface area contributed by atoms with Crippen LogP contribution in [0.1, 0.15) is 38.2 Å². The van der Waals surface area contributed by atoms with Gasteiger partial charge in [0.15, 0.2) is 5.69 Å². The fraction of sp³-hybridized carbons (Fsp3) is 0.583. The molecule has 1 unspecified atom stereocenters. The summed E-state index contributed by atoms with van der Waals surface area (Å²) in [7, 11) is 1.32. The Morgan fingerprint density at radius 1 is 1.35 bits per heavy atom. The van der Waals surface area contributed by atoms with Gasteiger partial charge >= 0.3 is 5.97 Å². The number of nitrogens with one attached hydrogen (secondary N) is 1. The van der Waals surface area contributed by atoms with Crippen molar-refractivity contribution < 1.29 is 9.53 Å². The third kappa shape index (κ3) is 3.69. The molecule has 0 radical (unpaired) electrons. The number of ether oxygens (including phenoxy) is 1. The standard InChI is InChI=1S/C12H19N3O2/c1-8(12(2,3)4)15-10-7-13-9(6-14-10)11(16)17-5/h6-8H,1-5H3,(H,14,15). The van der Waals surface area contributed by atoms with Crippen LogP contribution in [-0.4, -0.2) is 29.1 Å². The summed E-state index contributed by atoms with van der Waals surface area (Å²) >= 11 is 0. The van der Waals surface area contributed by atoms with Crippen LogP contribution >= 0.6 is 0 Å². The number of esters is 1. The quantitative estimate of drug-likeness (QED) is 0.816. The van der Waals surface area contributed by atoms with Crippen molar-refractivity contribution in [2.24, 2.45) is 5.41 Å². The van der Waals surface area contributed by atoms with E-state index in [2.05, 4.69) is 47.7 Å². The van der Waals surface area contributed by atoms with Gasteiger partial charge in [-0.05, 0) is 12.3 Å². The Morgan fingerprint density at radius 3 is 2.41 bits per heavy atom. The number of methoxy groups -OCH3 is 1. The summed E-state index contributed by atoms with van der Waals surface area (Å²) in [5.41, 5.74) is 0.337. The predicted octanol–water partition coefficient (Wildman–Crippen LogP) is 2.11. The van der Waals surface area contributed by atoms with Crippen molar-refractivity contribution in [2.45, 2.75) is 33.7 Å². The summed E-state index contributed by atoms with van der Waals surface area (Å²) in [4.78, 5) is 19.3. The maximum absolute atomic E-state index is 11.2. The lowest BCUT2D eigenvalue weighted by atomic mass is 9.88. The molecular formula is C12H19N3O2. The van der Waals surface area contributed by atoms with E-state index in [1.54, 1.807) is 0 Å². The molecule has 0 aromatic carbocycles. The van der Waals surface area contributed by atoms with Gasteiger partial charge < -0.3 is 10.1 Å². The lowest BCUT2D eigenvalue weighted by Crippen LogP contribution is -2.31. The van der Waals surface area contributed by atoms with Crippen molar-refractivity contribution in [3.63, 3.8) is 0 Å². The van der Waals surface area contributed by atoms with Crippen LogP contribution in [0.3, 0.4) is 0 Å². The Morgan fingerprint density at radius 2 is 2.00 bits per heavy atom. The van der Waals surface area contributed by atoms with Crippen molar-refractivity contribution in [3.05, 3.63) is 18.1 Å². The van der Waals surface area contributed by atoms with Crippen LogP contribution in [0.2, 0.25) is 0 Å². The molecule has 5 nitrogen and oxygen atoms in total. The Labute approximate surface area is 102 Å². The topological polar surface area (TPSA) is 64.1 Å². The Kier molecular flexibility index (Phi) is 4.04. The minimum absolute atomic E-state index is 0.128. The number of aromatic nitrogens is 2. The van der Waals surface area contributed by atoms with Gasteiger partial charge in [0, 0.05) is 6.04 Å². The van der Waals surface area contributed by atoms with Gasteiger partial charge in [-0.25, -0.2) is 14.8 Å². The van der Waals surface area contributed by atoms with Gasteiger partial charge in [-0.15, -0.1) is 0 Å². The highest BCUT2D eigenvalue weighted by atomic mass is 16.5. The van der Waals surface area contributed by atoms with Crippen LogP contribution < -0.4 is 5.32 Å². The third-order valence-electron chi connectivity index (χ3n) is 2.71. The molecule has 0 aliphatic carbocycles. The van der Waals surface area contributed by atoms with Gasteiger partial charge in [0.25, 0.3) is 0 Å². The van der Waals surface area contributed by atoms with Gasteiger partial charge in [-0.1, -0.05) is 20.8 Å². The molecule has 1 atom stereocenters. The molecule has 94 valence electrons. The largest absolute Gasteiger partial charge is 0.464 e. The third-order valence-corrected chi connectivity index (χ3v) is 2.71. The molecule has 17 heavy (non-hydrogen) atoms. The highest BCUT2D eigenvalue weighted by Gasteiger charge is 2.20.